The topological polar surface area (TPSA) is 51.6 Å². The van der Waals surface area contributed by atoms with Gasteiger partial charge in [-0.25, -0.2) is 9.97 Å². The molecule has 0 aliphatic heterocycles. The molecule has 0 fully saturated rings. The van der Waals surface area contributed by atoms with Crippen LogP contribution in [0.1, 0.15) is 5.56 Å². The molecule has 0 N–H and O–H groups in total. The standard InChI is InChI=1S/C15H12N4/c1-11-8-18-15(19-9-11)13-4-2-12(3-5-13)14-10-16-6-7-17-14/h2-10H,1H3. The molecule has 4 heteroatoms. The van der Waals surface area contributed by atoms with E-state index in [1.165, 1.54) is 0 Å². The summed E-state index contributed by atoms with van der Waals surface area (Å²) in [6, 6.07) is 7.99. The molecule has 1 aromatic carbocycles. The fraction of sp³-hybridized carbons (Fsp3) is 0.0667. The Balaban J connectivity index is 1.93. The van der Waals surface area contributed by atoms with Crippen molar-refractivity contribution in [2.75, 3.05) is 0 Å². The van der Waals surface area contributed by atoms with Crippen molar-refractivity contribution in [1.82, 2.24) is 19.9 Å². The summed E-state index contributed by atoms with van der Waals surface area (Å²) in [7, 11) is 0. The van der Waals surface area contributed by atoms with E-state index in [9.17, 15) is 0 Å². The van der Waals surface area contributed by atoms with E-state index >= 15 is 0 Å². The van der Waals surface area contributed by atoms with Gasteiger partial charge < -0.3 is 0 Å². The van der Waals surface area contributed by atoms with Crippen LogP contribution in [0.5, 0.6) is 0 Å². The second kappa shape index (κ2) is 4.94. The maximum absolute atomic E-state index is 4.31. The van der Waals surface area contributed by atoms with Gasteiger partial charge in [0.25, 0.3) is 0 Å². The molecular weight excluding hydrogens is 236 g/mol. The molecule has 0 saturated heterocycles. The van der Waals surface area contributed by atoms with Gasteiger partial charge in [-0.1, -0.05) is 24.3 Å². The van der Waals surface area contributed by atoms with E-state index in [0.717, 1.165) is 28.2 Å². The highest BCUT2D eigenvalue weighted by Crippen LogP contribution is 2.20. The smallest absolute Gasteiger partial charge is 0.159 e. The van der Waals surface area contributed by atoms with Gasteiger partial charge in [-0.05, 0) is 12.5 Å². The zero-order valence-corrected chi connectivity index (χ0v) is 10.5. The quantitative estimate of drug-likeness (QED) is 0.699. The third-order valence-electron chi connectivity index (χ3n) is 2.78. The van der Waals surface area contributed by atoms with Crippen LogP contribution < -0.4 is 0 Å². The van der Waals surface area contributed by atoms with Crippen molar-refractivity contribution >= 4 is 0 Å². The van der Waals surface area contributed by atoms with Gasteiger partial charge in [0.2, 0.25) is 0 Å². The van der Waals surface area contributed by atoms with Gasteiger partial charge in [0.15, 0.2) is 5.82 Å². The lowest BCUT2D eigenvalue weighted by Gasteiger charge is -2.03. The Labute approximate surface area is 111 Å². The summed E-state index contributed by atoms with van der Waals surface area (Å²) in [4.78, 5) is 17.0. The minimum atomic E-state index is 0.733. The Morgan fingerprint density at radius 1 is 0.737 bits per heavy atom. The molecule has 0 aliphatic rings. The van der Waals surface area contributed by atoms with E-state index in [1.807, 2.05) is 43.6 Å². The minimum absolute atomic E-state index is 0.733. The number of hydrogen-bond acceptors (Lipinski definition) is 4. The lowest BCUT2D eigenvalue weighted by atomic mass is 10.1. The molecule has 4 nitrogen and oxygen atoms in total. The van der Waals surface area contributed by atoms with Crippen LogP contribution in [0.15, 0.2) is 55.2 Å². The Hall–Kier alpha value is -2.62. The Kier molecular flexibility index (Phi) is 2.98. The average Bonchev–Trinajstić information content (AvgIpc) is 2.49. The zero-order chi connectivity index (χ0) is 13.1. The fourth-order valence-electron chi connectivity index (χ4n) is 1.78. The molecule has 0 amide bonds. The average molecular weight is 248 g/mol. The van der Waals surface area contributed by atoms with E-state index in [2.05, 4.69) is 19.9 Å². The third kappa shape index (κ3) is 2.47. The number of hydrogen-bond donors (Lipinski definition) is 0. The Morgan fingerprint density at radius 3 is 2.05 bits per heavy atom. The van der Waals surface area contributed by atoms with Gasteiger partial charge in [-0.15, -0.1) is 0 Å². The van der Waals surface area contributed by atoms with Crippen molar-refractivity contribution in [2.45, 2.75) is 6.92 Å². The van der Waals surface area contributed by atoms with Gasteiger partial charge >= 0.3 is 0 Å². The molecular formula is C15H12N4. The van der Waals surface area contributed by atoms with Crippen LogP contribution in [0, 0.1) is 6.92 Å². The summed E-state index contributed by atoms with van der Waals surface area (Å²) in [6.45, 7) is 1.97. The van der Waals surface area contributed by atoms with E-state index in [1.54, 1.807) is 18.6 Å². The molecule has 3 aromatic rings. The predicted molar refractivity (Wildman–Crippen MR) is 73.2 cm³/mol. The zero-order valence-electron chi connectivity index (χ0n) is 10.5. The summed E-state index contributed by atoms with van der Waals surface area (Å²) in [5, 5.41) is 0. The molecule has 0 bridgehead atoms. The molecule has 92 valence electrons. The van der Waals surface area contributed by atoms with Crippen LogP contribution in [0.4, 0.5) is 0 Å². The van der Waals surface area contributed by atoms with Crippen LogP contribution in [0.2, 0.25) is 0 Å². The lowest BCUT2D eigenvalue weighted by Crippen LogP contribution is -1.89. The molecule has 0 atom stereocenters. The summed E-state index contributed by atoms with van der Waals surface area (Å²) in [6.07, 6.45) is 8.74. The molecule has 0 aliphatic carbocycles. The van der Waals surface area contributed by atoms with Crippen molar-refractivity contribution in [3.05, 3.63) is 60.8 Å². The van der Waals surface area contributed by atoms with Crippen LogP contribution in [-0.4, -0.2) is 19.9 Å². The normalized spacial score (nSPS) is 10.4. The number of rotatable bonds is 2. The van der Waals surface area contributed by atoms with Gasteiger partial charge in [0.1, 0.15) is 0 Å². The number of aromatic nitrogens is 4. The van der Waals surface area contributed by atoms with Gasteiger partial charge in [0, 0.05) is 35.9 Å². The van der Waals surface area contributed by atoms with Crippen LogP contribution >= 0.6 is 0 Å². The monoisotopic (exact) mass is 248 g/mol. The molecule has 0 saturated carbocycles. The number of nitrogens with zero attached hydrogens (tertiary/aromatic N) is 4. The molecule has 2 heterocycles. The van der Waals surface area contributed by atoms with E-state index < -0.39 is 0 Å². The largest absolute Gasteiger partial charge is 0.261 e. The van der Waals surface area contributed by atoms with Crippen LogP contribution in [0.25, 0.3) is 22.6 Å². The summed E-state index contributed by atoms with van der Waals surface area (Å²) < 4.78 is 0. The van der Waals surface area contributed by atoms with Crippen molar-refractivity contribution in [3.8, 4) is 22.6 Å². The number of aryl methyl sites for hydroxylation is 1. The van der Waals surface area contributed by atoms with Crippen LogP contribution in [-0.2, 0) is 0 Å². The lowest BCUT2D eigenvalue weighted by molar-refractivity contribution is 1.14. The number of benzene rings is 1. The minimum Gasteiger partial charge on any atom is -0.261 e. The summed E-state index contributed by atoms with van der Waals surface area (Å²) >= 11 is 0. The van der Waals surface area contributed by atoms with E-state index in [4.69, 9.17) is 0 Å². The molecule has 0 radical (unpaired) electrons. The Bertz CT molecular complexity index is 661. The first-order valence-corrected chi connectivity index (χ1v) is 5.98. The van der Waals surface area contributed by atoms with Crippen molar-refractivity contribution in [1.29, 1.82) is 0 Å². The van der Waals surface area contributed by atoms with E-state index in [-0.39, 0.29) is 0 Å². The van der Waals surface area contributed by atoms with Gasteiger partial charge in [-0.3, -0.25) is 9.97 Å². The van der Waals surface area contributed by atoms with Gasteiger partial charge in [-0.2, -0.15) is 0 Å². The molecule has 0 unspecified atom stereocenters. The first kappa shape index (κ1) is 11.5. The van der Waals surface area contributed by atoms with Gasteiger partial charge in [0.05, 0.1) is 11.9 Å². The second-order valence-electron chi connectivity index (χ2n) is 4.25. The highest BCUT2D eigenvalue weighted by atomic mass is 14.9. The van der Waals surface area contributed by atoms with Crippen molar-refractivity contribution in [3.63, 3.8) is 0 Å². The first-order valence-electron chi connectivity index (χ1n) is 5.98. The summed E-state index contributed by atoms with van der Waals surface area (Å²) in [5.41, 5.74) is 3.94. The van der Waals surface area contributed by atoms with Crippen molar-refractivity contribution in [2.24, 2.45) is 0 Å². The maximum atomic E-state index is 4.31. The van der Waals surface area contributed by atoms with Crippen molar-refractivity contribution < 1.29 is 0 Å². The third-order valence-corrected chi connectivity index (χ3v) is 2.78. The maximum Gasteiger partial charge on any atom is 0.159 e. The second-order valence-corrected chi connectivity index (χ2v) is 4.25. The molecule has 2 aromatic heterocycles. The highest BCUT2D eigenvalue weighted by Gasteiger charge is 2.02. The summed E-state index contributed by atoms with van der Waals surface area (Å²) in [5.74, 6) is 0.733. The highest BCUT2D eigenvalue weighted by molar-refractivity contribution is 5.64. The van der Waals surface area contributed by atoms with E-state index in [0.29, 0.717) is 0 Å². The molecule has 0 spiro atoms. The predicted octanol–water partition coefficient (Wildman–Crippen LogP) is 2.91. The molecule has 19 heavy (non-hydrogen) atoms. The Morgan fingerprint density at radius 2 is 1.42 bits per heavy atom. The SMILES string of the molecule is Cc1cnc(-c2ccc(-c3cnccn3)cc2)nc1. The first-order chi connectivity index (χ1) is 9.33. The van der Waals surface area contributed by atoms with Crippen LogP contribution in [0.3, 0.4) is 0 Å². The molecule has 3 rings (SSSR count). The fourth-order valence-corrected chi connectivity index (χ4v) is 1.78.